The fourth-order valence-electron chi connectivity index (χ4n) is 4.05. The van der Waals surface area contributed by atoms with Crippen molar-refractivity contribution < 1.29 is 0 Å². The van der Waals surface area contributed by atoms with E-state index in [9.17, 15) is 0 Å². The molecule has 2 aliphatic rings. The predicted molar refractivity (Wildman–Crippen MR) is 99.1 cm³/mol. The van der Waals surface area contributed by atoms with Gasteiger partial charge in [0.15, 0.2) is 0 Å². The molecule has 3 heterocycles. The summed E-state index contributed by atoms with van der Waals surface area (Å²) < 4.78 is 1.76. The molecule has 2 aromatic rings. The van der Waals surface area contributed by atoms with Gasteiger partial charge in [-0.3, -0.25) is 4.68 Å². The Balaban J connectivity index is 1.41. The zero-order valence-electron chi connectivity index (χ0n) is 15.0. The maximum Gasteiger partial charge on any atom is 0.229 e. The molecule has 0 unspecified atom stereocenters. The van der Waals surface area contributed by atoms with Crippen molar-refractivity contribution in [2.75, 3.05) is 23.7 Å². The van der Waals surface area contributed by atoms with Gasteiger partial charge in [0.2, 0.25) is 5.95 Å². The van der Waals surface area contributed by atoms with E-state index in [1.54, 1.807) is 10.9 Å². The van der Waals surface area contributed by atoms with Gasteiger partial charge in [-0.2, -0.15) is 10.1 Å². The van der Waals surface area contributed by atoms with Crippen molar-refractivity contribution in [3.05, 3.63) is 24.2 Å². The van der Waals surface area contributed by atoms with Gasteiger partial charge < -0.3 is 16.0 Å². The van der Waals surface area contributed by atoms with Gasteiger partial charge in [-0.1, -0.05) is 0 Å². The van der Waals surface area contributed by atoms with E-state index in [0.29, 0.717) is 17.4 Å². The lowest BCUT2D eigenvalue weighted by Gasteiger charge is -2.37. The highest BCUT2D eigenvalue weighted by Gasteiger charge is 2.37. The minimum atomic E-state index is 0.506. The van der Waals surface area contributed by atoms with Crippen LogP contribution in [0.2, 0.25) is 0 Å². The number of hydrogen-bond acceptors (Lipinski definition) is 6. The first kappa shape index (κ1) is 16.3. The molecule has 0 atom stereocenters. The number of anilines is 3. The Morgan fingerprint density at radius 3 is 2.76 bits per heavy atom. The summed E-state index contributed by atoms with van der Waals surface area (Å²) in [5.74, 6) is 1.54. The molecule has 1 aliphatic carbocycles. The first-order valence-electron chi connectivity index (χ1n) is 9.19. The smallest absolute Gasteiger partial charge is 0.229 e. The standard InChI is InChI=1S/C18H27N7/c1-13-9-20-17(23-15-10-21-25(2)11-15)24-16(13)22-14-3-5-18(6-4-14)7-8-19-12-18/h9-11,14,19H,3-8,12H2,1-2H3,(H2,20,22,23,24). The third kappa shape index (κ3) is 3.61. The Kier molecular flexibility index (Phi) is 4.33. The minimum absolute atomic E-state index is 0.506. The normalized spacial score (nSPS) is 26.1. The summed E-state index contributed by atoms with van der Waals surface area (Å²) in [4.78, 5) is 9.06. The lowest BCUT2D eigenvalue weighted by molar-refractivity contribution is 0.206. The van der Waals surface area contributed by atoms with E-state index in [-0.39, 0.29) is 0 Å². The average molecular weight is 341 g/mol. The molecule has 1 aliphatic heterocycles. The first-order valence-corrected chi connectivity index (χ1v) is 9.19. The summed E-state index contributed by atoms with van der Waals surface area (Å²) >= 11 is 0. The minimum Gasteiger partial charge on any atom is -0.367 e. The van der Waals surface area contributed by atoms with Crippen molar-refractivity contribution in [3.8, 4) is 0 Å². The van der Waals surface area contributed by atoms with E-state index >= 15 is 0 Å². The highest BCUT2D eigenvalue weighted by molar-refractivity contribution is 5.54. The van der Waals surface area contributed by atoms with Gasteiger partial charge in [0, 0.05) is 37.6 Å². The highest BCUT2D eigenvalue weighted by Crippen LogP contribution is 2.41. The van der Waals surface area contributed by atoms with Crippen LogP contribution in [-0.4, -0.2) is 38.9 Å². The number of rotatable bonds is 4. The summed E-state index contributed by atoms with van der Waals surface area (Å²) in [6, 6.07) is 0.506. The molecule has 3 N–H and O–H groups in total. The van der Waals surface area contributed by atoms with Gasteiger partial charge >= 0.3 is 0 Å². The van der Waals surface area contributed by atoms with Crippen molar-refractivity contribution in [2.45, 2.75) is 45.1 Å². The second-order valence-corrected chi connectivity index (χ2v) is 7.60. The molecule has 25 heavy (non-hydrogen) atoms. The Labute approximate surface area is 148 Å². The number of nitrogens with zero attached hydrogens (tertiary/aromatic N) is 4. The van der Waals surface area contributed by atoms with Gasteiger partial charge in [0.05, 0.1) is 11.9 Å². The van der Waals surface area contributed by atoms with E-state index in [2.05, 4.69) is 37.9 Å². The van der Waals surface area contributed by atoms with Gasteiger partial charge in [-0.15, -0.1) is 0 Å². The summed E-state index contributed by atoms with van der Waals surface area (Å²) in [6.07, 6.45) is 11.9. The lowest BCUT2D eigenvalue weighted by Crippen LogP contribution is -2.35. The van der Waals surface area contributed by atoms with E-state index in [1.807, 2.05) is 19.4 Å². The monoisotopic (exact) mass is 341 g/mol. The maximum absolute atomic E-state index is 4.68. The molecule has 0 bridgehead atoms. The Hall–Kier alpha value is -2.15. The van der Waals surface area contributed by atoms with Crippen LogP contribution in [0.1, 0.15) is 37.7 Å². The fourth-order valence-corrected chi connectivity index (χ4v) is 4.05. The molecule has 0 aromatic carbocycles. The second-order valence-electron chi connectivity index (χ2n) is 7.60. The third-order valence-corrected chi connectivity index (χ3v) is 5.65. The molecule has 2 fully saturated rings. The predicted octanol–water partition coefficient (Wildman–Crippen LogP) is 2.60. The molecule has 4 rings (SSSR count). The molecule has 7 heteroatoms. The topological polar surface area (TPSA) is 79.7 Å². The first-order chi connectivity index (χ1) is 12.1. The molecule has 1 saturated carbocycles. The van der Waals surface area contributed by atoms with Crippen molar-refractivity contribution in [2.24, 2.45) is 12.5 Å². The third-order valence-electron chi connectivity index (χ3n) is 5.65. The average Bonchev–Trinajstić information content (AvgIpc) is 3.22. The highest BCUT2D eigenvalue weighted by atomic mass is 15.3. The van der Waals surface area contributed by atoms with Crippen molar-refractivity contribution >= 4 is 17.5 Å². The molecular formula is C18H27N7. The van der Waals surface area contributed by atoms with Gasteiger partial charge in [0.25, 0.3) is 0 Å². The zero-order chi connectivity index (χ0) is 17.3. The van der Waals surface area contributed by atoms with E-state index in [0.717, 1.165) is 17.1 Å². The molecule has 1 saturated heterocycles. The SMILES string of the molecule is Cc1cnc(Nc2cnn(C)c2)nc1NC1CCC2(CCNC2)CC1. The number of aromatic nitrogens is 4. The molecule has 0 radical (unpaired) electrons. The number of nitrogens with one attached hydrogen (secondary N) is 3. The molecule has 1 spiro atoms. The van der Waals surface area contributed by atoms with Gasteiger partial charge in [0.1, 0.15) is 5.82 Å². The molecule has 7 nitrogen and oxygen atoms in total. The zero-order valence-corrected chi connectivity index (χ0v) is 15.0. The van der Waals surface area contributed by atoms with Gasteiger partial charge in [-0.25, -0.2) is 4.98 Å². The van der Waals surface area contributed by atoms with E-state index in [1.165, 1.54) is 45.2 Å². The Bertz CT molecular complexity index is 723. The number of aryl methyl sites for hydroxylation is 2. The molecule has 134 valence electrons. The molecule has 2 aromatic heterocycles. The summed E-state index contributed by atoms with van der Waals surface area (Å²) in [5, 5.41) is 14.6. The number of hydrogen-bond donors (Lipinski definition) is 3. The van der Waals surface area contributed by atoms with Crippen LogP contribution in [0.25, 0.3) is 0 Å². The summed E-state index contributed by atoms with van der Waals surface area (Å²) in [7, 11) is 1.89. The van der Waals surface area contributed by atoms with Crippen LogP contribution in [0.15, 0.2) is 18.6 Å². The van der Waals surface area contributed by atoms with Crippen molar-refractivity contribution in [1.29, 1.82) is 0 Å². The van der Waals surface area contributed by atoms with Crippen molar-refractivity contribution in [3.63, 3.8) is 0 Å². The largest absolute Gasteiger partial charge is 0.367 e. The van der Waals surface area contributed by atoms with Crippen LogP contribution in [0.5, 0.6) is 0 Å². The van der Waals surface area contributed by atoms with Crippen LogP contribution in [0, 0.1) is 12.3 Å². The lowest BCUT2D eigenvalue weighted by atomic mass is 9.72. The summed E-state index contributed by atoms with van der Waals surface area (Å²) in [5.41, 5.74) is 2.54. The van der Waals surface area contributed by atoms with Crippen LogP contribution < -0.4 is 16.0 Å². The van der Waals surface area contributed by atoms with E-state index in [4.69, 9.17) is 0 Å². The maximum atomic E-state index is 4.68. The fraction of sp³-hybridized carbons (Fsp3) is 0.611. The molecule has 0 amide bonds. The molecular weight excluding hydrogens is 314 g/mol. The Morgan fingerprint density at radius 1 is 1.24 bits per heavy atom. The van der Waals surface area contributed by atoms with E-state index < -0.39 is 0 Å². The Morgan fingerprint density at radius 2 is 2.08 bits per heavy atom. The van der Waals surface area contributed by atoms with Crippen LogP contribution in [0.3, 0.4) is 0 Å². The quantitative estimate of drug-likeness (QED) is 0.793. The van der Waals surface area contributed by atoms with Crippen LogP contribution in [0.4, 0.5) is 17.5 Å². The second kappa shape index (κ2) is 6.63. The van der Waals surface area contributed by atoms with Gasteiger partial charge in [-0.05, 0) is 51.0 Å². The van der Waals surface area contributed by atoms with Crippen molar-refractivity contribution in [1.82, 2.24) is 25.1 Å². The van der Waals surface area contributed by atoms with Crippen LogP contribution >= 0.6 is 0 Å². The summed E-state index contributed by atoms with van der Waals surface area (Å²) in [6.45, 7) is 4.44. The van der Waals surface area contributed by atoms with Crippen LogP contribution in [-0.2, 0) is 7.05 Å².